The summed E-state index contributed by atoms with van der Waals surface area (Å²) in [4.78, 5) is 20.6. The van der Waals surface area contributed by atoms with Crippen molar-refractivity contribution < 1.29 is 4.79 Å². The number of hydrogen-bond acceptors (Lipinski definition) is 4. The molecule has 0 radical (unpaired) electrons. The highest BCUT2D eigenvalue weighted by Gasteiger charge is 2.07. The largest absolute Gasteiger partial charge is 0.356 e. The molecule has 1 N–H and O–H groups in total. The number of amides is 1. The number of halogens is 1. The summed E-state index contributed by atoms with van der Waals surface area (Å²) in [5.74, 6) is 0.0485. The Morgan fingerprint density at radius 2 is 1.84 bits per heavy atom. The molecule has 0 unspecified atom stereocenters. The van der Waals surface area contributed by atoms with Gasteiger partial charge in [-0.1, -0.05) is 23.7 Å². The van der Waals surface area contributed by atoms with Crippen molar-refractivity contribution in [2.75, 3.05) is 6.54 Å². The number of aryl methyl sites for hydroxylation is 1. The van der Waals surface area contributed by atoms with Gasteiger partial charge in [-0.2, -0.15) is 0 Å². The van der Waals surface area contributed by atoms with Crippen LogP contribution in [-0.2, 0) is 17.6 Å². The van der Waals surface area contributed by atoms with Gasteiger partial charge in [-0.25, -0.2) is 4.98 Å². The summed E-state index contributed by atoms with van der Waals surface area (Å²) >= 11 is 7.45. The van der Waals surface area contributed by atoms with E-state index in [1.165, 1.54) is 0 Å². The van der Waals surface area contributed by atoms with Crippen molar-refractivity contribution in [1.29, 1.82) is 0 Å². The Kier molecular flexibility index (Phi) is 6.14. The zero-order chi connectivity index (χ0) is 17.5. The minimum Gasteiger partial charge on any atom is -0.356 e. The highest BCUT2D eigenvalue weighted by Crippen LogP contribution is 2.23. The molecular weight excluding hydrogens is 354 g/mol. The minimum absolute atomic E-state index is 0.0485. The molecule has 3 rings (SSSR count). The molecular formula is C19H18ClN3OS. The zero-order valence-corrected chi connectivity index (χ0v) is 15.2. The first-order chi connectivity index (χ1) is 12.2. The van der Waals surface area contributed by atoms with Crippen LogP contribution in [0, 0.1) is 0 Å². The van der Waals surface area contributed by atoms with Gasteiger partial charge in [-0.3, -0.25) is 9.78 Å². The number of carbonyl (C=O) groups excluding carboxylic acids is 1. The lowest BCUT2D eigenvalue weighted by Gasteiger charge is -2.05. The Balaban J connectivity index is 1.42. The van der Waals surface area contributed by atoms with E-state index in [0.717, 1.165) is 33.3 Å². The van der Waals surface area contributed by atoms with Crippen molar-refractivity contribution in [3.8, 4) is 10.6 Å². The first kappa shape index (κ1) is 17.6. The van der Waals surface area contributed by atoms with Crippen molar-refractivity contribution in [2.24, 2.45) is 0 Å². The van der Waals surface area contributed by atoms with E-state index in [2.05, 4.69) is 15.3 Å². The molecule has 0 aliphatic rings. The van der Waals surface area contributed by atoms with Gasteiger partial charge >= 0.3 is 0 Å². The molecule has 4 nitrogen and oxygen atoms in total. The number of pyridine rings is 1. The molecule has 0 saturated carbocycles. The number of carbonyl (C=O) groups is 1. The number of nitrogens with one attached hydrogen (secondary N) is 1. The summed E-state index contributed by atoms with van der Waals surface area (Å²) in [6, 6.07) is 11.6. The van der Waals surface area contributed by atoms with Crippen LogP contribution in [0.25, 0.3) is 10.6 Å². The summed E-state index contributed by atoms with van der Waals surface area (Å²) in [5, 5.41) is 6.64. The summed E-state index contributed by atoms with van der Waals surface area (Å²) in [7, 11) is 0. The number of rotatable bonds is 7. The Labute approximate surface area is 155 Å². The number of thiazole rings is 1. The molecule has 3 aromatic rings. The maximum absolute atomic E-state index is 12.0. The second kappa shape index (κ2) is 8.74. The van der Waals surface area contributed by atoms with Gasteiger partial charge in [-0.05, 0) is 42.7 Å². The van der Waals surface area contributed by atoms with Crippen LogP contribution in [0.2, 0.25) is 5.02 Å². The molecule has 25 heavy (non-hydrogen) atoms. The fraction of sp³-hybridized carbons (Fsp3) is 0.211. The molecule has 0 aliphatic heterocycles. The van der Waals surface area contributed by atoms with Crippen molar-refractivity contribution in [1.82, 2.24) is 15.3 Å². The van der Waals surface area contributed by atoms with Crippen LogP contribution in [0.3, 0.4) is 0 Å². The minimum atomic E-state index is 0.0485. The standard InChI is InChI=1S/C19H18ClN3OS/c20-16-3-1-14(2-4-16)7-12-22-18(24)6-5-17-13-25-19(23-17)15-8-10-21-11-9-15/h1-4,8-11,13H,5-7,12H2,(H,22,24). The van der Waals surface area contributed by atoms with E-state index in [0.29, 0.717) is 19.4 Å². The predicted molar refractivity (Wildman–Crippen MR) is 102 cm³/mol. The van der Waals surface area contributed by atoms with Gasteiger partial charge in [0, 0.05) is 41.3 Å². The molecule has 6 heteroatoms. The maximum Gasteiger partial charge on any atom is 0.220 e. The quantitative estimate of drug-likeness (QED) is 0.678. The molecule has 0 atom stereocenters. The van der Waals surface area contributed by atoms with E-state index in [-0.39, 0.29) is 5.91 Å². The van der Waals surface area contributed by atoms with E-state index in [1.54, 1.807) is 23.7 Å². The molecule has 0 spiro atoms. The maximum atomic E-state index is 12.0. The third-order valence-electron chi connectivity index (χ3n) is 3.74. The van der Waals surface area contributed by atoms with Crippen molar-refractivity contribution >= 4 is 28.8 Å². The lowest BCUT2D eigenvalue weighted by molar-refractivity contribution is -0.121. The van der Waals surface area contributed by atoms with Crippen LogP contribution in [-0.4, -0.2) is 22.4 Å². The Morgan fingerprint density at radius 1 is 1.08 bits per heavy atom. The van der Waals surface area contributed by atoms with E-state index < -0.39 is 0 Å². The van der Waals surface area contributed by atoms with E-state index in [9.17, 15) is 4.79 Å². The Bertz CT molecular complexity index is 818. The monoisotopic (exact) mass is 371 g/mol. The third kappa shape index (κ3) is 5.37. The molecule has 0 bridgehead atoms. The van der Waals surface area contributed by atoms with Crippen LogP contribution in [0.1, 0.15) is 17.7 Å². The van der Waals surface area contributed by atoms with Crippen LogP contribution in [0.15, 0.2) is 54.2 Å². The summed E-state index contributed by atoms with van der Waals surface area (Å²) < 4.78 is 0. The summed E-state index contributed by atoms with van der Waals surface area (Å²) in [5.41, 5.74) is 3.16. The smallest absolute Gasteiger partial charge is 0.220 e. The molecule has 0 fully saturated rings. The fourth-order valence-corrected chi connectivity index (χ4v) is 3.36. The highest BCUT2D eigenvalue weighted by atomic mass is 35.5. The molecule has 128 valence electrons. The van der Waals surface area contributed by atoms with E-state index in [4.69, 9.17) is 11.6 Å². The van der Waals surface area contributed by atoms with Gasteiger partial charge in [0.25, 0.3) is 0 Å². The average Bonchev–Trinajstić information content (AvgIpc) is 3.11. The Morgan fingerprint density at radius 3 is 2.60 bits per heavy atom. The van der Waals surface area contributed by atoms with Crippen LogP contribution < -0.4 is 5.32 Å². The zero-order valence-electron chi connectivity index (χ0n) is 13.6. The topological polar surface area (TPSA) is 54.9 Å². The van der Waals surface area contributed by atoms with E-state index in [1.807, 2.05) is 41.8 Å². The number of aromatic nitrogens is 2. The van der Waals surface area contributed by atoms with Crippen molar-refractivity contribution in [3.05, 3.63) is 70.5 Å². The second-order valence-electron chi connectivity index (χ2n) is 5.61. The van der Waals surface area contributed by atoms with Crippen LogP contribution >= 0.6 is 22.9 Å². The predicted octanol–water partition coefficient (Wildman–Crippen LogP) is 4.15. The van der Waals surface area contributed by atoms with Gasteiger partial charge in [0.15, 0.2) is 0 Å². The molecule has 0 saturated heterocycles. The van der Waals surface area contributed by atoms with Crippen molar-refractivity contribution in [3.63, 3.8) is 0 Å². The molecule has 2 aromatic heterocycles. The van der Waals surface area contributed by atoms with Crippen molar-refractivity contribution in [2.45, 2.75) is 19.3 Å². The first-order valence-corrected chi connectivity index (χ1v) is 9.32. The van der Waals surface area contributed by atoms with Crippen LogP contribution in [0.4, 0.5) is 0 Å². The van der Waals surface area contributed by atoms with E-state index >= 15 is 0 Å². The molecule has 1 amide bonds. The normalized spacial score (nSPS) is 10.6. The lowest BCUT2D eigenvalue weighted by atomic mass is 10.1. The average molecular weight is 372 g/mol. The fourth-order valence-electron chi connectivity index (χ4n) is 2.38. The number of nitrogens with zero attached hydrogens (tertiary/aromatic N) is 2. The lowest BCUT2D eigenvalue weighted by Crippen LogP contribution is -2.25. The van der Waals surface area contributed by atoms with Gasteiger partial charge in [0.1, 0.15) is 5.01 Å². The number of hydrogen-bond donors (Lipinski definition) is 1. The third-order valence-corrected chi connectivity index (χ3v) is 4.93. The first-order valence-electron chi connectivity index (χ1n) is 8.06. The van der Waals surface area contributed by atoms with Gasteiger partial charge in [0.2, 0.25) is 5.91 Å². The van der Waals surface area contributed by atoms with Gasteiger partial charge < -0.3 is 5.32 Å². The number of benzene rings is 1. The molecule has 0 aliphatic carbocycles. The molecule has 2 heterocycles. The Hall–Kier alpha value is -2.24. The highest BCUT2D eigenvalue weighted by molar-refractivity contribution is 7.13. The second-order valence-corrected chi connectivity index (χ2v) is 6.90. The van der Waals surface area contributed by atoms with Gasteiger partial charge in [-0.15, -0.1) is 11.3 Å². The molecule has 1 aromatic carbocycles. The summed E-state index contributed by atoms with van der Waals surface area (Å²) in [6.45, 7) is 0.625. The van der Waals surface area contributed by atoms with Gasteiger partial charge in [0.05, 0.1) is 5.69 Å². The van der Waals surface area contributed by atoms with Crippen LogP contribution in [0.5, 0.6) is 0 Å². The SMILES string of the molecule is O=C(CCc1csc(-c2ccncc2)n1)NCCc1ccc(Cl)cc1. The summed E-state index contributed by atoms with van der Waals surface area (Å²) in [6.07, 6.45) is 5.40.